The molecule has 0 radical (unpaired) electrons. The van der Waals surface area contributed by atoms with E-state index in [-0.39, 0.29) is 0 Å². The summed E-state index contributed by atoms with van der Waals surface area (Å²) in [6.45, 7) is 8.17. The van der Waals surface area contributed by atoms with E-state index in [1.54, 1.807) is 0 Å². The van der Waals surface area contributed by atoms with E-state index in [1.807, 2.05) is 42.5 Å². The maximum Gasteiger partial charge on any atom is 0.159 e. The number of furan rings is 1. The minimum Gasteiger partial charge on any atom is -0.454 e. The van der Waals surface area contributed by atoms with Gasteiger partial charge in [0.2, 0.25) is 0 Å². The van der Waals surface area contributed by atoms with Crippen LogP contribution in [0.3, 0.4) is 0 Å². The fraction of sp³-hybridized carbons (Fsp3) is 0. The largest absolute Gasteiger partial charge is 0.454 e. The fourth-order valence-corrected chi connectivity index (χ4v) is 7.63. The zero-order valence-electron chi connectivity index (χ0n) is 29.8. The summed E-state index contributed by atoms with van der Waals surface area (Å²) in [6.07, 6.45) is 8.01. The first-order chi connectivity index (χ1) is 26.7. The molecule has 0 atom stereocenters. The van der Waals surface area contributed by atoms with Crippen molar-refractivity contribution in [1.29, 1.82) is 0 Å². The molecule has 0 spiro atoms. The summed E-state index contributed by atoms with van der Waals surface area (Å²) in [5.41, 5.74) is 11.4. The number of hydrogen-bond acceptors (Lipinski definition) is 2. The highest BCUT2D eigenvalue weighted by atomic mass is 16.3. The Balaban J connectivity index is 1.14. The third-order valence-corrected chi connectivity index (χ3v) is 10.3. The lowest BCUT2D eigenvalue weighted by molar-refractivity contribution is 0.669. The Hall–Kier alpha value is -7.16. The Labute approximate surface area is 315 Å². The highest BCUT2D eigenvalue weighted by molar-refractivity contribution is 6.14. The van der Waals surface area contributed by atoms with Crippen LogP contribution in [0.5, 0.6) is 0 Å². The van der Waals surface area contributed by atoms with Crippen LogP contribution in [0.2, 0.25) is 0 Å². The third-order valence-electron chi connectivity index (χ3n) is 10.3. The number of benzene rings is 8. The molecule has 256 valence electrons. The number of rotatable bonds is 9. The SMILES string of the molecule is C=CC(/C=C/c1ccc(N(c2ccc(-c3cc4ccccc4c4ccccc34)cc2)c2cccc3c2oc2ccccc23)cc1)=C(\C=C)c1ccccc1. The molecule has 0 saturated carbocycles. The molecule has 0 saturated heterocycles. The standard InChI is InChI=1S/C52H37NO/c1-3-37(43(4-2)38-15-6-5-7-16-38)28-25-36-26-31-41(32-27-36)53(50-23-14-22-48-47-21-12-13-24-51(47)54-52(48)50)42-33-29-39(30-34-42)49-35-40-17-8-9-18-44(40)45-19-10-11-20-46(45)49/h3-35H,1-2H2/b28-25+,43-37-. The van der Waals surface area contributed by atoms with E-state index in [2.05, 4.69) is 176 Å². The van der Waals surface area contributed by atoms with Crippen LogP contribution in [-0.2, 0) is 0 Å². The van der Waals surface area contributed by atoms with Crippen LogP contribution in [0.1, 0.15) is 11.1 Å². The van der Waals surface area contributed by atoms with Crippen molar-refractivity contribution in [2.45, 2.75) is 0 Å². The Bertz CT molecular complexity index is 2890. The van der Waals surface area contributed by atoms with Crippen molar-refractivity contribution in [2.24, 2.45) is 0 Å². The molecule has 54 heavy (non-hydrogen) atoms. The molecule has 0 aliphatic carbocycles. The van der Waals surface area contributed by atoms with E-state index in [0.717, 1.165) is 61.3 Å². The van der Waals surface area contributed by atoms with Gasteiger partial charge >= 0.3 is 0 Å². The highest BCUT2D eigenvalue weighted by Gasteiger charge is 2.19. The van der Waals surface area contributed by atoms with E-state index in [9.17, 15) is 0 Å². The average Bonchev–Trinajstić information content (AvgIpc) is 3.63. The summed E-state index contributed by atoms with van der Waals surface area (Å²) in [4.78, 5) is 2.29. The Morgan fingerprint density at radius 2 is 1.15 bits per heavy atom. The van der Waals surface area contributed by atoms with Gasteiger partial charge in [-0.15, -0.1) is 0 Å². The van der Waals surface area contributed by atoms with Crippen molar-refractivity contribution in [3.63, 3.8) is 0 Å². The molecule has 0 amide bonds. The molecule has 1 aromatic heterocycles. The van der Waals surface area contributed by atoms with Crippen LogP contribution in [0.4, 0.5) is 17.1 Å². The monoisotopic (exact) mass is 691 g/mol. The number of para-hydroxylation sites is 2. The lowest BCUT2D eigenvalue weighted by Crippen LogP contribution is -2.10. The first kappa shape index (κ1) is 32.7. The summed E-state index contributed by atoms with van der Waals surface area (Å²) >= 11 is 0. The second-order valence-electron chi connectivity index (χ2n) is 13.4. The van der Waals surface area contributed by atoms with Crippen molar-refractivity contribution >= 4 is 72.2 Å². The van der Waals surface area contributed by atoms with Gasteiger partial charge in [-0.05, 0) is 97.4 Å². The first-order valence-electron chi connectivity index (χ1n) is 18.2. The van der Waals surface area contributed by atoms with Gasteiger partial charge in [0.1, 0.15) is 5.58 Å². The maximum absolute atomic E-state index is 6.58. The predicted octanol–water partition coefficient (Wildman–Crippen LogP) is 14.9. The number of hydrogen-bond donors (Lipinski definition) is 0. The second kappa shape index (κ2) is 14.1. The van der Waals surface area contributed by atoms with Gasteiger partial charge in [-0.3, -0.25) is 0 Å². The van der Waals surface area contributed by atoms with Crippen LogP contribution < -0.4 is 4.90 Å². The Morgan fingerprint density at radius 3 is 1.89 bits per heavy atom. The molecule has 2 heteroatoms. The average molecular weight is 692 g/mol. The first-order valence-corrected chi connectivity index (χ1v) is 18.2. The van der Waals surface area contributed by atoms with Crippen LogP contribution in [0.25, 0.3) is 66.3 Å². The molecule has 8 aromatic carbocycles. The smallest absolute Gasteiger partial charge is 0.159 e. The van der Waals surface area contributed by atoms with Crippen molar-refractivity contribution in [3.8, 4) is 11.1 Å². The molecule has 0 aliphatic rings. The van der Waals surface area contributed by atoms with Crippen molar-refractivity contribution < 1.29 is 4.42 Å². The van der Waals surface area contributed by atoms with Crippen molar-refractivity contribution in [1.82, 2.24) is 0 Å². The van der Waals surface area contributed by atoms with Crippen LogP contribution in [0, 0.1) is 0 Å². The predicted molar refractivity (Wildman–Crippen MR) is 232 cm³/mol. The number of allylic oxidation sites excluding steroid dienone is 5. The zero-order chi connectivity index (χ0) is 36.4. The van der Waals surface area contributed by atoms with E-state index in [0.29, 0.717) is 0 Å². The quantitative estimate of drug-likeness (QED) is 0.111. The molecule has 0 unspecified atom stereocenters. The van der Waals surface area contributed by atoms with Gasteiger partial charge in [-0.25, -0.2) is 0 Å². The normalized spacial score (nSPS) is 12.1. The van der Waals surface area contributed by atoms with Crippen LogP contribution in [-0.4, -0.2) is 0 Å². The summed E-state index contributed by atoms with van der Waals surface area (Å²) in [7, 11) is 0. The minimum atomic E-state index is 0.853. The summed E-state index contributed by atoms with van der Waals surface area (Å²) in [6, 6.07) is 62.2. The Kier molecular flexibility index (Phi) is 8.55. The van der Waals surface area contributed by atoms with E-state index in [1.165, 1.54) is 32.7 Å². The molecule has 9 aromatic rings. The van der Waals surface area contributed by atoms with Crippen LogP contribution in [0.15, 0.2) is 217 Å². The topological polar surface area (TPSA) is 16.4 Å². The van der Waals surface area contributed by atoms with Crippen molar-refractivity contribution in [2.75, 3.05) is 4.90 Å². The van der Waals surface area contributed by atoms with Gasteiger partial charge in [-0.2, -0.15) is 0 Å². The maximum atomic E-state index is 6.58. The molecular formula is C52H37NO. The van der Waals surface area contributed by atoms with E-state index < -0.39 is 0 Å². The molecule has 0 aliphatic heterocycles. The molecule has 9 rings (SSSR count). The van der Waals surface area contributed by atoms with Gasteiger partial charge in [0.25, 0.3) is 0 Å². The van der Waals surface area contributed by atoms with Gasteiger partial charge in [0.15, 0.2) is 5.58 Å². The van der Waals surface area contributed by atoms with E-state index in [4.69, 9.17) is 4.42 Å². The van der Waals surface area contributed by atoms with Gasteiger partial charge in [-0.1, -0.05) is 171 Å². The zero-order valence-corrected chi connectivity index (χ0v) is 29.8. The third kappa shape index (κ3) is 5.90. The van der Waals surface area contributed by atoms with Gasteiger partial charge in [0.05, 0.1) is 5.69 Å². The molecule has 0 N–H and O–H groups in total. The molecular weight excluding hydrogens is 655 g/mol. The van der Waals surface area contributed by atoms with Gasteiger partial charge in [0, 0.05) is 22.1 Å². The highest BCUT2D eigenvalue weighted by Crippen LogP contribution is 2.43. The second-order valence-corrected chi connectivity index (χ2v) is 13.4. The number of anilines is 3. The summed E-state index contributed by atoms with van der Waals surface area (Å²) in [5.74, 6) is 0. The molecule has 1 heterocycles. The molecule has 0 bridgehead atoms. The minimum absolute atomic E-state index is 0.853. The molecule has 0 fully saturated rings. The number of nitrogens with zero attached hydrogens (tertiary/aromatic N) is 1. The van der Waals surface area contributed by atoms with Crippen molar-refractivity contribution in [3.05, 3.63) is 224 Å². The van der Waals surface area contributed by atoms with Crippen LogP contribution >= 0.6 is 0 Å². The lowest BCUT2D eigenvalue weighted by atomic mass is 9.93. The Morgan fingerprint density at radius 1 is 0.519 bits per heavy atom. The molecule has 2 nitrogen and oxygen atoms in total. The lowest BCUT2D eigenvalue weighted by Gasteiger charge is -2.26. The van der Waals surface area contributed by atoms with Gasteiger partial charge < -0.3 is 9.32 Å². The summed E-state index contributed by atoms with van der Waals surface area (Å²) < 4.78 is 6.58. The fourth-order valence-electron chi connectivity index (χ4n) is 7.63. The summed E-state index contributed by atoms with van der Waals surface area (Å²) in [5, 5.41) is 7.21. The van der Waals surface area contributed by atoms with E-state index >= 15 is 0 Å². The number of fused-ring (bicyclic) bond motifs is 6.